The number of unbranched alkanes of at least 4 members (excludes halogenated alkanes) is 6. The minimum atomic E-state index is -0.427. The Morgan fingerprint density at radius 1 is 0.680 bits per heavy atom. The highest BCUT2D eigenvalue weighted by Crippen LogP contribution is 2.09. The van der Waals surface area contributed by atoms with Crippen molar-refractivity contribution in [2.24, 2.45) is 0 Å². The summed E-state index contributed by atoms with van der Waals surface area (Å²) in [5.74, 6) is -0.855. The molecule has 0 N–H and O–H groups in total. The normalized spacial score (nSPS) is 13.3. The van der Waals surface area contributed by atoms with Gasteiger partial charge >= 0.3 is 11.9 Å². The maximum absolute atomic E-state index is 11.6. The van der Waals surface area contributed by atoms with Gasteiger partial charge in [0.05, 0.1) is 12.2 Å². The number of carbonyl (C=O) groups excluding carboxylic acids is 2. The van der Waals surface area contributed by atoms with E-state index in [4.69, 9.17) is 14.2 Å². The summed E-state index contributed by atoms with van der Waals surface area (Å²) in [6.07, 6.45) is 10.8. The van der Waals surface area contributed by atoms with Crippen LogP contribution in [0.4, 0.5) is 0 Å². The van der Waals surface area contributed by atoms with Gasteiger partial charge in [-0.1, -0.05) is 52.4 Å². The highest BCUT2D eigenvalue weighted by molar-refractivity contribution is 5.73. The van der Waals surface area contributed by atoms with Crippen molar-refractivity contribution in [1.29, 1.82) is 0 Å². The summed E-state index contributed by atoms with van der Waals surface area (Å²) in [7, 11) is 0. The first-order valence-corrected chi connectivity index (χ1v) is 9.96. The molecule has 0 spiro atoms. The molecule has 0 aliphatic carbocycles. The Labute approximate surface area is 153 Å². The molecule has 0 heterocycles. The molecule has 25 heavy (non-hydrogen) atoms. The van der Waals surface area contributed by atoms with Gasteiger partial charge in [0.1, 0.15) is 13.2 Å². The topological polar surface area (TPSA) is 61.8 Å². The average molecular weight is 359 g/mol. The third-order valence-electron chi connectivity index (χ3n) is 4.03. The first kappa shape index (κ1) is 23.9. The largest absolute Gasteiger partial charge is 0.461 e. The quantitative estimate of drug-likeness (QED) is 0.293. The zero-order valence-corrected chi connectivity index (χ0v) is 16.7. The van der Waals surface area contributed by atoms with E-state index in [9.17, 15) is 9.59 Å². The van der Waals surface area contributed by atoms with Crippen LogP contribution in [0.3, 0.4) is 0 Å². The molecule has 5 heteroatoms. The Morgan fingerprint density at radius 2 is 1.08 bits per heavy atom. The Hall–Kier alpha value is -1.10. The molecule has 0 radical (unpaired) electrons. The molecule has 148 valence electrons. The molecule has 0 saturated carbocycles. The molecule has 0 amide bonds. The van der Waals surface area contributed by atoms with Crippen molar-refractivity contribution in [1.82, 2.24) is 0 Å². The number of esters is 2. The van der Waals surface area contributed by atoms with E-state index < -0.39 is 11.9 Å². The molecule has 2 unspecified atom stereocenters. The van der Waals surface area contributed by atoms with Crippen LogP contribution in [-0.2, 0) is 23.8 Å². The summed E-state index contributed by atoms with van der Waals surface area (Å²) in [5.41, 5.74) is 0. The molecule has 0 aliphatic heterocycles. The smallest absolute Gasteiger partial charge is 0.332 e. The SMILES string of the molecule is CCCCCCC(C)OC(=O)COCC(=O)OC(C)CCCCCC. The van der Waals surface area contributed by atoms with Crippen LogP contribution in [0.5, 0.6) is 0 Å². The van der Waals surface area contributed by atoms with Gasteiger partial charge in [0.2, 0.25) is 0 Å². The van der Waals surface area contributed by atoms with E-state index in [0.717, 1.165) is 38.5 Å². The lowest BCUT2D eigenvalue weighted by Crippen LogP contribution is -2.23. The Bertz CT molecular complexity index is 311. The fourth-order valence-electron chi connectivity index (χ4n) is 2.57. The van der Waals surface area contributed by atoms with Crippen LogP contribution in [0.1, 0.15) is 91.9 Å². The first-order valence-electron chi connectivity index (χ1n) is 9.96. The van der Waals surface area contributed by atoms with Gasteiger partial charge in [-0.25, -0.2) is 9.59 Å². The molecule has 0 aliphatic rings. The molecular weight excluding hydrogens is 320 g/mol. The van der Waals surface area contributed by atoms with Crippen molar-refractivity contribution in [3.8, 4) is 0 Å². The summed E-state index contributed by atoms with van der Waals surface area (Å²) in [5, 5.41) is 0. The minimum Gasteiger partial charge on any atom is -0.461 e. The van der Waals surface area contributed by atoms with Crippen molar-refractivity contribution in [3.05, 3.63) is 0 Å². The van der Waals surface area contributed by atoms with Crippen LogP contribution in [0.25, 0.3) is 0 Å². The van der Waals surface area contributed by atoms with Gasteiger partial charge < -0.3 is 14.2 Å². The summed E-state index contributed by atoms with van der Waals surface area (Å²) in [6.45, 7) is 7.69. The summed E-state index contributed by atoms with van der Waals surface area (Å²) in [6, 6.07) is 0. The maximum Gasteiger partial charge on any atom is 0.332 e. The summed E-state index contributed by atoms with van der Waals surface area (Å²) < 4.78 is 15.6. The molecule has 0 bridgehead atoms. The Balaban J connectivity index is 3.66. The standard InChI is InChI=1S/C20H38O5/c1-5-7-9-11-13-17(3)24-19(21)15-23-16-20(22)25-18(4)14-12-10-8-6-2/h17-18H,5-16H2,1-4H3. The van der Waals surface area contributed by atoms with Gasteiger partial charge in [0, 0.05) is 0 Å². The van der Waals surface area contributed by atoms with Crippen LogP contribution in [-0.4, -0.2) is 37.4 Å². The predicted octanol–water partition coefficient (Wildman–Crippen LogP) is 4.81. The lowest BCUT2D eigenvalue weighted by atomic mass is 10.1. The van der Waals surface area contributed by atoms with Crippen molar-refractivity contribution >= 4 is 11.9 Å². The van der Waals surface area contributed by atoms with E-state index in [1.54, 1.807) is 0 Å². The fourth-order valence-corrected chi connectivity index (χ4v) is 2.57. The molecule has 0 aromatic carbocycles. The van der Waals surface area contributed by atoms with Crippen LogP contribution >= 0.6 is 0 Å². The predicted molar refractivity (Wildman–Crippen MR) is 99.4 cm³/mol. The average Bonchev–Trinajstić information content (AvgIpc) is 2.55. The number of carbonyl (C=O) groups is 2. The Kier molecular flexibility index (Phi) is 15.7. The van der Waals surface area contributed by atoms with Gasteiger partial charge in [-0.3, -0.25) is 0 Å². The highest BCUT2D eigenvalue weighted by atomic mass is 16.6. The van der Waals surface area contributed by atoms with Gasteiger partial charge in [0.15, 0.2) is 0 Å². The number of rotatable bonds is 16. The molecule has 2 atom stereocenters. The van der Waals surface area contributed by atoms with E-state index in [-0.39, 0.29) is 25.4 Å². The fraction of sp³-hybridized carbons (Fsp3) is 0.900. The van der Waals surface area contributed by atoms with Gasteiger partial charge in [0.25, 0.3) is 0 Å². The second kappa shape index (κ2) is 16.4. The first-order chi connectivity index (χ1) is 12.0. The monoisotopic (exact) mass is 358 g/mol. The van der Waals surface area contributed by atoms with E-state index in [2.05, 4.69) is 13.8 Å². The van der Waals surface area contributed by atoms with Crippen molar-refractivity contribution in [2.45, 2.75) is 104 Å². The number of hydrogen-bond acceptors (Lipinski definition) is 5. The third-order valence-corrected chi connectivity index (χ3v) is 4.03. The van der Waals surface area contributed by atoms with Crippen LogP contribution in [0.15, 0.2) is 0 Å². The van der Waals surface area contributed by atoms with Crippen LogP contribution in [0, 0.1) is 0 Å². The zero-order valence-electron chi connectivity index (χ0n) is 16.7. The van der Waals surface area contributed by atoms with Crippen LogP contribution in [0.2, 0.25) is 0 Å². The third kappa shape index (κ3) is 16.1. The molecule has 0 fully saturated rings. The number of ether oxygens (including phenoxy) is 3. The second-order valence-corrected chi connectivity index (χ2v) is 6.79. The molecule has 0 rings (SSSR count). The van der Waals surface area contributed by atoms with E-state index in [0.29, 0.717) is 0 Å². The van der Waals surface area contributed by atoms with E-state index in [1.165, 1.54) is 25.7 Å². The summed E-state index contributed by atoms with van der Waals surface area (Å²) in [4.78, 5) is 23.3. The van der Waals surface area contributed by atoms with Gasteiger partial charge in [-0.05, 0) is 39.5 Å². The van der Waals surface area contributed by atoms with Crippen molar-refractivity contribution < 1.29 is 23.8 Å². The molecule has 0 aromatic heterocycles. The van der Waals surface area contributed by atoms with E-state index >= 15 is 0 Å². The molecule has 5 nitrogen and oxygen atoms in total. The van der Waals surface area contributed by atoms with E-state index in [1.807, 2.05) is 13.8 Å². The van der Waals surface area contributed by atoms with Crippen molar-refractivity contribution in [3.63, 3.8) is 0 Å². The lowest BCUT2D eigenvalue weighted by Gasteiger charge is -2.14. The lowest BCUT2D eigenvalue weighted by molar-refractivity contribution is -0.160. The summed E-state index contributed by atoms with van der Waals surface area (Å²) >= 11 is 0. The van der Waals surface area contributed by atoms with Gasteiger partial charge in [-0.15, -0.1) is 0 Å². The highest BCUT2D eigenvalue weighted by Gasteiger charge is 2.13. The van der Waals surface area contributed by atoms with Gasteiger partial charge in [-0.2, -0.15) is 0 Å². The molecule has 0 aromatic rings. The van der Waals surface area contributed by atoms with Crippen molar-refractivity contribution in [2.75, 3.05) is 13.2 Å². The minimum absolute atomic E-state index is 0.108. The number of hydrogen-bond donors (Lipinski definition) is 0. The van der Waals surface area contributed by atoms with Crippen LogP contribution < -0.4 is 0 Å². The Morgan fingerprint density at radius 3 is 1.44 bits per heavy atom. The second-order valence-electron chi connectivity index (χ2n) is 6.79. The zero-order chi connectivity index (χ0) is 18.9. The molecule has 0 saturated heterocycles. The maximum atomic E-state index is 11.6. The molecular formula is C20H38O5.